The molecule has 2 rings (SSSR count). The van der Waals surface area contributed by atoms with E-state index in [2.05, 4.69) is 0 Å². The fourth-order valence-corrected chi connectivity index (χ4v) is 2.50. The smallest absolute Gasteiger partial charge is 0.409 e. The number of nitrogens with zero attached hydrogens (tertiary/aromatic N) is 2. The first-order valence-electron chi connectivity index (χ1n) is 7.04. The molecule has 1 saturated heterocycles. The normalized spacial score (nSPS) is 15.0. The highest BCUT2D eigenvalue weighted by atomic mass is 35.5. The zero-order valence-electron chi connectivity index (χ0n) is 12.0. The molecular formula is C15H19ClN2O3. The number of piperazine rings is 1. The highest BCUT2D eigenvalue weighted by Crippen LogP contribution is 2.13. The molecule has 114 valence electrons. The Bertz CT molecular complexity index is 513. The van der Waals surface area contributed by atoms with E-state index in [-0.39, 0.29) is 12.0 Å². The maximum absolute atomic E-state index is 12.2. The van der Waals surface area contributed by atoms with E-state index >= 15 is 0 Å². The van der Waals surface area contributed by atoms with Gasteiger partial charge >= 0.3 is 6.09 Å². The van der Waals surface area contributed by atoms with Crippen molar-refractivity contribution in [2.24, 2.45) is 0 Å². The molecule has 1 aromatic carbocycles. The largest absolute Gasteiger partial charge is 0.450 e. The topological polar surface area (TPSA) is 49.9 Å². The van der Waals surface area contributed by atoms with Crippen molar-refractivity contribution in [3.8, 4) is 0 Å². The van der Waals surface area contributed by atoms with Gasteiger partial charge in [-0.05, 0) is 24.6 Å². The molecule has 1 fully saturated rings. The van der Waals surface area contributed by atoms with Crippen molar-refractivity contribution in [1.29, 1.82) is 0 Å². The summed E-state index contributed by atoms with van der Waals surface area (Å²) in [5.74, 6) is 0.0563. The first kappa shape index (κ1) is 15.6. The Morgan fingerprint density at radius 3 is 2.48 bits per heavy atom. The van der Waals surface area contributed by atoms with Crippen LogP contribution in [-0.4, -0.2) is 54.6 Å². The number of carbonyl (C=O) groups is 2. The van der Waals surface area contributed by atoms with Crippen LogP contribution in [0.4, 0.5) is 4.79 Å². The van der Waals surface area contributed by atoms with Crippen LogP contribution in [0.5, 0.6) is 0 Å². The lowest BCUT2D eigenvalue weighted by molar-refractivity contribution is -0.132. The van der Waals surface area contributed by atoms with Crippen molar-refractivity contribution in [2.75, 3.05) is 32.8 Å². The fourth-order valence-electron chi connectivity index (χ4n) is 2.29. The Labute approximate surface area is 129 Å². The predicted molar refractivity (Wildman–Crippen MR) is 80.3 cm³/mol. The first-order chi connectivity index (χ1) is 10.1. The second kappa shape index (κ2) is 7.31. The lowest BCUT2D eigenvalue weighted by Gasteiger charge is -2.34. The van der Waals surface area contributed by atoms with Crippen molar-refractivity contribution >= 4 is 23.6 Å². The van der Waals surface area contributed by atoms with Crippen LogP contribution in [0.1, 0.15) is 12.5 Å². The third-order valence-corrected chi connectivity index (χ3v) is 3.64. The highest BCUT2D eigenvalue weighted by Gasteiger charge is 2.24. The minimum Gasteiger partial charge on any atom is -0.450 e. The summed E-state index contributed by atoms with van der Waals surface area (Å²) in [4.78, 5) is 27.2. The Hall–Kier alpha value is -1.75. The molecule has 0 radical (unpaired) electrons. The van der Waals surface area contributed by atoms with Crippen molar-refractivity contribution in [2.45, 2.75) is 13.3 Å². The Balaban J connectivity index is 1.84. The second-order valence-electron chi connectivity index (χ2n) is 4.87. The maximum atomic E-state index is 12.2. The first-order valence-corrected chi connectivity index (χ1v) is 7.42. The summed E-state index contributed by atoms with van der Waals surface area (Å²) in [5, 5.41) is 0.632. The Morgan fingerprint density at radius 1 is 1.19 bits per heavy atom. The molecule has 0 atom stereocenters. The molecule has 21 heavy (non-hydrogen) atoms. The number of rotatable bonds is 3. The molecule has 0 unspecified atom stereocenters. The van der Waals surface area contributed by atoms with Crippen LogP contribution in [-0.2, 0) is 16.0 Å². The lowest BCUT2D eigenvalue weighted by Crippen LogP contribution is -2.51. The summed E-state index contributed by atoms with van der Waals surface area (Å²) >= 11 is 5.91. The molecule has 1 aliphatic rings. The second-order valence-corrected chi connectivity index (χ2v) is 5.31. The van der Waals surface area contributed by atoms with Crippen molar-refractivity contribution in [3.63, 3.8) is 0 Å². The standard InChI is InChI=1S/C15H19ClN2O3/c1-2-21-15(20)18-8-6-17(7-9-18)14(19)11-12-4-3-5-13(16)10-12/h3-5,10H,2,6-9,11H2,1H3. The molecule has 0 saturated carbocycles. The van der Waals surface area contributed by atoms with Crippen LogP contribution in [0, 0.1) is 0 Å². The number of halogens is 1. The lowest BCUT2D eigenvalue weighted by atomic mass is 10.1. The quantitative estimate of drug-likeness (QED) is 0.860. The van der Waals surface area contributed by atoms with Crippen LogP contribution in [0.25, 0.3) is 0 Å². The van der Waals surface area contributed by atoms with Crippen LogP contribution in [0.15, 0.2) is 24.3 Å². The molecule has 6 heteroatoms. The van der Waals surface area contributed by atoms with Gasteiger partial charge in [-0.2, -0.15) is 0 Å². The van der Waals surface area contributed by atoms with Gasteiger partial charge in [0.05, 0.1) is 13.0 Å². The molecular weight excluding hydrogens is 292 g/mol. The van der Waals surface area contributed by atoms with Gasteiger partial charge in [-0.15, -0.1) is 0 Å². The van der Waals surface area contributed by atoms with E-state index in [9.17, 15) is 9.59 Å². The molecule has 1 aromatic rings. The molecule has 1 aliphatic heterocycles. The Kier molecular flexibility index (Phi) is 5.44. The molecule has 1 heterocycles. The highest BCUT2D eigenvalue weighted by molar-refractivity contribution is 6.30. The van der Waals surface area contributed by atoms with Crippen molar-refractivity contribution in [1.82, 2.24) is 9.80 Å². The van der Waals surface area contributed by atoms with Gasteiger partial charge in [-0.1, -0.05) is 23.7 Å². The van der Waals surface area contributed by atoms with Gasteiger partial charge in [0.2, 0.25) is 5.91 Å². The van der Waals surface area contributed by atoms with E-state index in [1.807, 2.05) is 12.1 Å². The third kappa shape index (κ3) is 4.36. The number of ether oxygens (including phenoxy) is 1. The SMILES string of the molecule is CCOC(=O)N1CCN(C(=O)Cc2cccc(Cl)c2)CC1. The van der Waals surface area contributed by atoms with Gasteiger partial charge in [-0.3, -0.25) is 4.79 Å². The molecule has 0 spiro atoms. The molecule has 5 nitrogen and oxygen atoms in total. The molecule has 0 bridgehead atoms. The van der Waals surface area contributed by atoms with Crippen LogP contribution < -0.4 is 0 Å². The minimum absolute atomic E-state index is 0.0563. The van der Waals surface area contributed by atoms with Crippen LogP contribution in [0.2, 0.25) is 5.02 Å². The Morgan fingerprint density at radius 2 is 1.86 bits per heavy atom. The van der Waals surface area contributed by atoms with Gasteiger partial charge in [0, 0.05) is 31.2 Å². The van der Waals surface area contributed by atoms with E-state index in [0.717, 1.165) is 5.56 Å². The van der Waals surface area contributed by atoms with Gasteiger partial charge in [0.25, 0.3) is 0 Å². The molecule has 0 N–H and O–H groups in total. The fraction of sp³-hybridized carbons (Fsp3) is 0.467. The van der Waals surface area contributed by atoms with Gasteiger partial charge in [0.15, 0.2) is 0 Å². The molecule has 0 aliphatic carbocycles. The summed E-state index contributed by atoms with van der Waals surface area (Å²) in [6, 6.07) is 7.31. The summed E-state index contributed by atoms with van der Waals surface area (Å²) in [6.07, 6.45) is 0.0272. The van der Waals surface area contributed by atoms with E-state index < -0.39 is 0 Å². The van der Waals surface area contributed by atoms with Gasteiger partial charge < -0.3 is 14.5 Å². The number of carbonyl (C=O) groups excluding carboxylic acids is 2. The number of hydrogen-bond acceptors (Lipinski definition) is 3. The van der Waals surface area contributed by atoms with Crippen LogP contribution >= 0.6 is 11.6 Å². The number of benzene rings is 1. The summed E-state index contributed by atoms with van der Waals surface area (Å²) in [5.41, 5.74) is 0.903. The zero-order chi connectivity index (χ0) is 15.2. The zero-order valence-corrected chi connectivity index (χ0v) is 12.8. The van der Waals surface area contributed by atoms with E-state index in [1.165, 1.54) is 0 Å². The monoisotopic (exact) mass is 310 g/mol. The maximum Gasteiger partial charge on any atom is 0.409 e. The average molecular weight is 311 g/mol. The van der Waals surface area contributed by atoms with Crippen LogP contribution in [0.3, 0.4) is 0 Å². The molecule has 2 amide bonds. The number of amides is 2. The average Bonchev–Trinajstić information content (AvgIpc) is 2.47. The van der Waals surface area contributed by atoms with Crippen molar-refractivity contribution in [3.05, 3.63) is 34.9 Å². The van der Waals surface area contributed by atoms with Gasteiger partial charge in [0.1, 0.15) is 0 Å². The summed E-state index contributed by atoms with van der Waals surface area (Å²) in [6.45, 7) is 4.26. The molecule has 0 aromatic heterocycles. The predicted octanol–water partition coefficient (Wildman–Crippen LogP) is 2.18. The number of hydrogen-bond donors (Lipinski definition) is 0. The minimum atomic E-state index is -0.306. The van der Waals surface area contributed by atoms with E-state index in [4.69, 9.17) is 16.3 Å². The van der Waals surface area contributed by atoms with E-state index in [0.29, 0.717) is 44.2 Å². The summed E-state index contributed by atoms with van der Waals surface area (Å²) < 4.78 is 4.95. The van der Waals surface area contributed by atoms with E-state index in [1.54, 1.807) is 28.9 Å². The third-order valence-electron chi connectivity index (χ3n) is 3.40. The van der Waals surface area contributed by atoms with Gasteiger partial charge in [-0.25, -0.2) is 4.79 Å². The summed E-state index contributed by atoms with van der Waals surface area (Å²) in [7, 11) is 0. The van der Waals surface area contributed by atoms with Crippen molar-refractivity contribution < 1.29 is 14.3 Å².